The molecule has 0 radical (unpaired) electrons. The first-order valence-electron chi connectivity index (χ1n) is 11.8. The Morgan fingerprint density at radius 1 is 1.04 bits per heavy atom. The number of carboxylic acid groups (broad SMARTS) is 1. The molecule has 0 unspecified atom stereocenters. The molecule has 0 amide bonds. The average molecular weight is 393 g/mol. The van der Waals surface area contributed by atoms with E-state index in [1.165, 1.54) is 19.3 Å². The van der Waals surface area contributed by atoms with Crippen molar-refractivity contribution in [2.45, 2.75) is 97.2 Å². The van der Waals surface area contributed by atoms with E-state index in [1.54, 1.807) is 0 Å². The molecule has 4 nitrogen and oxygen atoms in total. The molecule has 0 aromatic heterocycles. The number of aliphatic hydroxyl groups is 2. The normalized spacial score (nSPS) is 51.7. The van der Waals surface area contributed by atoms with Crippen molar-refractivity contribution in [3.63, 3.8) is 0 Å². The van der Waals surface area contributed by atoms with Gasteiger partial charge in [-0.1, -0.05) is 20.8 Å². The minimum Gasteiger partial charge on any atom is -0.481 e. The summed E-state index contributed by atoms with van der Waals surface area (Å²) >= 11 is 0. The van der Waals surface area contributed by atoms with E-state index >= 15 is 0 Å². The molecule has 0 aliphatic heterocycles. The highest BCUT2D eigenvalue weighted by atomic mass is 16.4. The molecule has 10 atom stereocenters. The van der Waals surface area contributed by atoms with E-state index < -0.39 is 5.97 Å². The number of aliphatic hydroxyl groups excluding tert-OH is 2. The molecule has 0 heterocycles. The van der Waals surface area contributed by atoms with Crippen LogP contribution in [0, 0.1) is 46.3 Å². The lowest BCUT2D eigenvalue weighted by atomic mass is 9.43. The van der Waals surface area contributed by atoms with Gasteiger partial charge in [-0.15, -0.1) is 0 Å². The second-order valence-corrected chi connectivity index (χ2v) is 11.3. The van der Waals surface area contributed by atoms with Crippen molar-refractivity contribution in [3.8, 4) is 0 Å². The highest BCUT2D eigenvalue weighted by Gasteiger charge is 2.63. The van der Waals surface area contributed by atoms with Crippen LogP contribution < -0.4 is 0 Å². The monoisotopic (exact) mass is 392 g/mol. The van der Waals surface area contributed by atoms with Crippen molar-refractivity contribution in [1.29, 1.82) is 0 Å². The Hall–Kier alpha value is -0.610. The SMILES string of the molecule is C[C@@H](CCC(=O)O)[C@@H]1CC[C@H]2[C@@H]3CC[C@H]4C[C@H](O)CC[C@]4(C)[C@H]3C[C@H](O)[C@@]21C. The van der Waals surface area contributed by atoms with Crippen molar-refractivity contribution in [1.82, 2.24) is 0 Å². The third-order valence-corrected chi connectivity index (χ3v) is 10.3. The number of fused-ring (bicyclic) bond motifs is 5. The van der Waals surface area contributed by atoms with E-state index in [4.69, 9.17) is 5.11 Å². The molecule has 0 aromatic rings. The van der Waals surface area contributed by atoms with Crippen LogP contribution in [0.2, 0.25) is 0 Å². The number of carboxylic acids is 1. The molecule has 0 bridgehead atoms. The Morgan fingerprint density at radius 2 is 1.79 bits per heavy atom. The smallest absolute Gasteiger partial charge is 0.303 e. The van der Waals surface area contributed by atoms with E-state index in [2.05, 4.69) is 20.8 Å². The van der Waals surface area contributed by atoms with Crippen molar-refractivity contribution in [2.75, 3.05) is 0 Å². The summed E-state index contributed by atoms with van der Waals surface area (Å²) in [6.45, 7) is 6.99. The summed E-state index contributed by atoms with van der Waals surface area (Å²) < 4.78 is 0. The molecule has 4 rings (SSSR count). The molecular weight excluding hydrogens is 352 g/mol. The topological polar surface area (TPSA) is 77.8 Å². The van der Waals surface area contributed by atoms with E-state index in [0.717, 1.165) is 38.5 Å². The predicted octanol–water partition coefficient (Wildman–Crippen LogP) is 4.48. The highest BCUT2D eigenvalue weighted by Crippen LogP contribution is 2.68. The zero-order chi connectivity index (χ0) is 20.3. The van der Waals surface area contributed by atoms with Crippen LogP contribution in [-0.4, -0.2) is 33.5 Å². The molecule has 28 heavy (non-hydrogen) atoms. The Kier molecular flexibility index (Phi) is 5.36. The summed E-state index contributed by atoms with van der Waals surface area (Å²) in [5, 5.41) is 30.8. The second kappa shape index (κ2) is 7.27. The summed E-state index contributed by atoms with van der Waals surface area (Å²) in [6.07, 6.45) is 9.26. The Bertz CT molecular complexity index is 605. The van der Waals surface area contributed by atoms with E-state index in [0.29, 0.717) is 35.5 Å². The molecule has 160 valence electrons. The third-order valence-electron chi connectivity index (χ3n) is 10.3. The van der Waals surface area contributed by atoms with Crippen LogP contribution in [0.1, 0.15) is 85.0 Å². The van der Waals surface area contributed by atoms with Gasteiger partial charge in [0.05, 0.1) is 12.2 Å². The van der Waals surface area contributed by atoms with Crippen molar-refractivity contribution in [2.24, 2.45) is 46.3 Å². The maximum Gasteiger partial charge on any atom is 0.303 e. The van der Waals surface area contributed by atoms with Gasteiger partial charge in [0, 0.05) is 6.42 Å². The molecule has 4 aliphatic carbocycles. The van der Waals surface area contributed by atoms with Crippen LogP contribution >= 0.6 is 0 Å². The van der Waals surface area contributed by atoms with Crippen LogP contribution in [0.3, 0.4) is 0 Å². The Morgan fingerprint density at radius 3 is 2.50 bits per heavy atom. The van der Waals surface area contributed by atoms with E-state index in [9.17, 15) is 15.0 Å². The molecule has 3 N–H and O–H groups in total. The maximum absolute atomic E-state index is 11.5. The van der Waals surface area contributed by atoms with Gasteiger partial charge < -0.3 is 15.3 Å². The van der Waals surface area contributed by atoms with Crippen LogP contribution in [-0.2, 0) is 4.79 Å². The minimum atomic E-state index is -0.707. The predicted molar refractivity (Wildman–Crippen MR) is 109 cm³/mol. The fourth-order valence-corrected chi connectivity index (χ4v) is 8.71. The summed E-state index contributed by atoms with van der Waals surface area (Å²) in [4.78, 5) is 11.1. The summed E-state index contributed by atoms with van der Waals surface area (Å²) in [5.41, 5.74) is 0.216. The molecule has 0 aromatic carbocycles. The van der Waals surface area contributed by atoms with Crippen LogP contribution in [0.4, 0.5) is 0 Å². The quantitative estimate of drug-likeness (QED) is 0.659. The molecule has 4 aliphatic rings. The van der Waals surface area contributed by atoms with E-state index in [1.807, 2.05) is 0 Å². The lowest BCUT2D eigenvalue weighted by Crippen LogP contribution is -2.58. The molecular formula is C24H40O4. The Labute approximate surface area is 170 Å². The molecule has 0 saturated heterocycles. The molecule has 0 spiro atoms. The number of rotatable bonds is 4. The minimum absolute atomic E-state index is 0.0591. The standard InChI is InChI=1S/C24H40O4/c1-14(4-9-22(27)28)18-7-8-19-17-6-5-15-12-16(25)10-11-23(15,2)20(17)13-21(26)24(18,19)3/h14-21,25-26H,4-13H2,1-3H3,(H,27,28)/t14-,15-,16+,17-,18-,19-,20-,21-,23-,24+/m0/s1. The molecule has 4 heteroatoms. The van der Waals surface area contributed by atoms with E-state index in [-0.39, 0.29) is 29.5 Å². The van der Waals surface area contributed by atoms with Gasteiger partial charge in [0.2, 0.25) is 0 Å². The van der Waals surface area contributed by atoms with Crippen molar-refractivity contribution in [3.05, 3.63) is 0 Å². The first kappa shape index (κ1) is 20.7. The number of carbonyl (C=O) groups is 1. The molecule has 4 saturated carbocycles. The lowest BCUT2D eigenvalue weighted by molar-refractivity contribution is -0.175. The summed E-state index contributed by atoms with van der Waals surface area (Å²) in [7, 11) is 0. The zero-order valence-electron chi connectivity index (χ0n) is 17.9. The third kappa shape index (κ3) is 3.05. The van der Waals surface area contributed by atoms with Gasteiger partial charge >= 0.3 is 5.97 Å². The fraction of sp³-hybridized carbons (Fsp3) is 0.958. The van der Waals surface area contributed by atoms with Gasteiger partial charge in [0.25, 0.3) is 0 Å². The van der Waals surface area contributed by atoms with Crippen LogP contribution in [0.15, 0.2) is 0 Å². The first-order chi connectivity index (χ1) is 13.2. The van der Waals surface area contributed by atoms with Gasteiger partial charge in [-0.25, -0.2) is 0 Å². The van der Waals surface area contributed by atoms with Crippen molar-refractivity contribution >= 4 is 5.97 Å². The van der Waals surface area contributed by atoms with Gasteiger partial charge in [-0.05, 0) is 104 Å². The maximum atomic E-state index is 11.5. The van der Waals surface area contributed by atoms with Gasteiger partial charge in [0.1, 0.15) is 0 Å². The number of aliphatic carboxylic acids is 1. The molecule has 4 fully saturated rings. The first-order valence-corrected chi connectivity index (χ1v) is 11.8. The second-order valence-electron chi connectivity index (χ2n) is 11.3. The number of hydrogen-bond acceptors (Lipinski definition) is 3. The van der Waals surface area contributed by atoms with Crippen LogP contribution in [0.5, 0.6) is 0 Å². The summed E-state index contributed by atoms with van der Waals surface area (Å²) in [6, 6.07) is 0. The average Bonchev–Trinajstić information content (AvgIpc) is 3.00. The van der Waals surface area contributed by atoms with Gasteiger partial charge in [-0.2, -0.15) is 0 Å². The van der Waals surface area contributed by atoms with Gasteiger partial charge in [-0.3, -0.25) is 4.79 Å². The zero-order valence-corrected chi connectivity index (χ0v) is 17.9. The highest BCUT2D eigenvalue weighted by molar-refractivity contribution is 5.66. The van der Waals surface area contributed by atoms with Crippen LogP contribution in [0.25, 0.3) is 0 Å². The lowest BCUT2D eigenvalue weighted by Gasteiger charge is -2.62. The van der Waals surface area contributed by atoms with Crippen molar-refractivity contribution < 1.29 is 20.1 Å². The summed E-state index contributed by atoms with van der Waals surface area (Å²) in [5.74, 6) is 2.55. The Balaban J connectivity index is 1.56. The van der Waals surface area contributed by atoms with Gasteiger partial charge in [0.15, 0.2) is 0 Å². The fourth-order valence-electron chi connectivity index (χ4n) is 8.71. The number of hydrogen-bond donors (Lipinski definition) is 3. The largest absolute Gasteiger partial charge is 0.481 e.